The Morgan fingerprint density at radius 3 is 2.64 bits per heavy atom. The lowest BCUT2D eigenvalue weighted by atomic mass is 9.45. The van der Waals surface area contributed by atoms with Gasteiger partial charge in [0, 0.05) is 6.42 Å². The van der Waals surface area contributed by atoms with Crippen LogP contribution in [0, 0.1) is 34.5 Å². The third-order valence-corrected chi connectivity index (χ3v) is 8.53. The van der Waals surface area contributed by atoms with Crippen LogP contribution in [0.15, 0.2) is 11.6 Å². The molecule has 0 radical (unpaired) electrons. The zero-order valence-corrected chi connectivity index (χ0v) is 14.3. The Kier molecular flexibility index (Phi) is 3.18. The van der Waals surface area contributed by atoms with Gasteiger partial charge in [-0.2, -0.15) is 0 Å². The second-order valence-corrected chi connectivity index (χ2v) is 9.07. The second kappa shape index (κ2) is 4.69. The number of ketones is 1. The highest BCUT2D eigenvalue weighted by atomic mass is 16.3. The van der Waals surface area contributed by atoms with Crippen molar-refractivity contribution in [3.63, 3.8) is 0 Å². The first-order chi connectivity index (χ1) is 10.4. The second-order valence-electron chi connectivity index (χ2n) is 9.07. The molecule has 122 valence electrons. The normalized spacial score (nSPS) is 54.3. The van der Waals surface area contributed by atoms with Crippen molar-refractivity contribution in [1.82, 2.24) is 0 Å². The van der Waals surface area contributed by atoms with Gasteiger partial charge in [0.25, 0.3) is 0 Å². The minimum absolute atomic E-state index is 0.0893. The molecule has 0 heterocycles. The minimum atomic E-state index is -0.0893. The van der Waals surface area contributed by atoms with Gasteiger partial charge in [-0.15, -0.1) is 0 Å². The standard InChI is InChI=1S/C20H30O2/c1-12-10-14(21)11-13-4-5-15-16-6-7-18(22)19(16,2)9-8-17(15)20(12,13)3/h10,13,15-18,22H,4-9,11H2,1-3H3/t13-,15-,16-,17-,18-,19-,20-/m0/s1. The topological polar surface area (TPSA) is 37.3 Å². The molecule has 4 rings (SSSR count). The lowest BCUT2D eigenvalue weighted by Crippen LogP contribution is -2.54. The summed E-state index contributed by atoms with van der Waals surface area (Å²) in [5, 5.41) is 10.5. The molecule has 0 bridgehead atoms. The van der Waals surface area contributed by atoms with Crippen LogP contribution in [0.25, 0.3) is 0 Å². The lowest BCUT2D eigenvalue weighted by molar-refractivity contribution is -0.125. The fourth-order valence-electron chi connectivity index (χ4n) is 7.03. The molecule has 1 N–H and O–H groups in total. The summed E-state index contributed by atoms with van der Waals surface area (Å²) in [6.07, 6.45) is 9.71. The third-order valence-electron chi connectivity index (χ3n) is 8.53. The quantitative estimate of drug-likeness (QED) is 0.730. The summed E-state index contributed by atoms with van der Waals surface area (Å²) in [7, 11) is 0. The van der Waals surface area contributed by atoms with Gasteiger partial charge in [-0.05, 0) is 86.0 Å². The van der Waals surface area contributed by atoms with Crippen LogP contribution >= 0.6 is 0 Å². The molecule has 0 unspecified atom stereocenters. The summed E-state index contributed by atoms with van der Waals surface area (Å²) in [5.74, 6) is 3.08. The Hall–Kier alpha value is -0.630. The van der Waals surface area contributed by atoms with E-state index in [9.17, 15) is 9.90 Å². The summed E-state index contributed by atoms with van der Waals surface area (Å²) in [6.45, 7) is 6.98. The van der Waals surface area contributed by atoms with Crippen LogP contribution < -0.4 is 0 Å². The first kappa shape index (κ1) is 14.9. The highest BCUT2D eigenvalue weighted by Gasteiger charge is 2.60. The zero-order chi connectivity index (χ0) is 15.7. The van der Waals surface area contributed by atoms with E-state index in [1.165, 1.54) is 37.7 Å². The average Bonchev–Trinajstić information content (AvgIpc) is 2.77. The maximum atomic E-state index is 12.0. The molecule has 4 aliphatic rings. The van der Waals surface area contributed by atoms with E-state index >= 15 is 0 Å². The molecular weight excluding hydrogens is 272 g/mol. The van der Waals surface area contributed by atoms with Gasteiger partial charge in [0.05, 0.1) is 6.10 Å². The SMILES string of the molecule is CC1=CC(=O)C[C@@H]2CC[C@H]3[C@@H]4CC[C@H](O)[C@@]4(C)CC[C@@H]3[C@@]12C. The highest BCUT2D eigenvalue weighted by Crippen LogP contribution is 2.66. The highest BCUT2D eigenvalue weighted by molar-refractivity contribution is 5.91. The summed E-state index contributed by atoms with van der Waals surface area (Å²) >= 11 is 0. The monoisotopic (exact) mass is 302 g/mol. The zero-order valence-electron chi connectivity index (χ0n) is 14.3. The van der Waals surface area contributed by atoms with Crippen LogP contribution in [0.1, 0.15) is 65.7 Å². The van der Waals surface area contributed by atoms with Crippen LogP contribution in [-0.4, -0.2) is 17.0 Å². The Morgan fingerprint density at radius 1 is 1.09 bits per heavy atom. The van der Waals surface area contributed by atoms with Gasteiger partial charge in [0.1, 0.15) is 0 Å². The summed E-state index contributed by atoms with van der Waals surface area (Å²) in [5.41, 5.74) is 1.73. The fourth-order valence-corrected chi connectivity index (χ4v) is 7.03. The number of aliphatic hydroxyl groups is 1. The van der Waals surface area contributed by atoms with Crippen molar-refractivity contribution >= 4 is 5.78 Å². The van der Waals surface area contributed by atoms with Crippen molar-refractivity contribution in [2.45, 2.75) is 71.8 Å². The summed E-state index contributed by atoms with van der Waals surface area (Å²) < 4.78 is 0. The number of fused-ring (bicyclic) bond motifs is 5. The van der Waals surface area contributed by atoms with Crippen molar-refractivity contribution in [2.24, 2.45) is 34.5 Å². The Morgan fingerprint density at radius 2 is 1.86 bits per heavy atom. The predicted octanol–water partition coefficient (Wildman–Crippen LogP) is 4.13. The van der Waals surface area contributed by atoms with Gasteiger partial charge >= 0.3 is 0 Å². The van der Waals surface area contributed by atoms with E-state index in [2.05, 4.69) is 20.8 Å². The molecule has 0 spiro atoms. The molecule has 0 aromatic carbocycles. The van der Waals surface area contributed by atoms with Gasteiger partial charge in [-0.1, -0.05) is 19.4 Å². The summed E-state index contributed by atoms with van der Waals surface area (Å²) in [6, 6.07) is 0. The number of carbonyl (C=O) groups is 1. The largest absolute Gasteiger partial charge is 0.393 e. The molecule has 0 aromatic heterocycles. The van der Waals surface area contributed by atoms with E-state index in [0.717, 1.165) is 24.7 Å². The van der Waals surface area contributed by atoms with Crippen molar-refractivity contribution in [2.75, 3.05) is 0 Å². The van der Waals surface area contributed by atoms with Gasteiger partial charge < -0.3 is 5.11 Å². The van der Waals surface area contributed by atoms with Crippen LogP contribution in [-0.2, 0) is 4.79 Å². The number of allylic oxidation sites excluding steroid dienone is 2. The van der Waals surface area contributed by atoms with Gasteiger partial charge in [0.2, 0.25) is 0 Å². The number of hydrogen-bond acceptors (Lipinski definition) is 2. The molecule has 0 aromatic rings. The average molecular weight is 302 g/mol. The van der Waals surface area contributed by atoms with Crippen molar-refractivity contribution < 1.29 is 9.90 Å². The van der Waals surface area contributed by atoms with E-state index in [0.29, 0.717) is 17.6 Å². The van der Waals surface area contributed by atoms with Crippen molar-refractivity contribution in [1.29, 1.82) is 0 Å². The molecule has 22 heavy (non-hydrogen) atoms. The molecule has 3 saturated carbocycles. The molecule has 0 saturated heterocycles. The van der Waals surface area contributed by atoms with E-state index in [1.807, 2.05) is 6.08 Å². The number of aliphatic hydroxyl groups excluding tert-OH is 1. The number of carbonyl (C=O) groups excluding carboxylic acids is 1. The molecule has 3 fully saturated rings. The Balaban J connectivity index is 1.72. The van der Waals surface area contributed by atoms with Crippen LogP contribution in [0.4, 0.5) is 0 Å². The minimum Gasteiger partial charge on any atom is -0.393 e. The van der Waals surface area contributed by atoms with E-state index < -0.39 is 0 Å². The van der Waals surface area contributed by atoms with Gasteiger partial charge in [-0.25, -0.2) is 0 Å². The molecule has 7 atom stereocenters. The molecular formula is C20H30O2. The number of hydrogen-bond donors (Lipinski definition) is 1. The van der Waals surface area contributed by atoms with E-state index in [-0.39, 0.29) is 16.9 Å². The molecule has 0 amide bonds. The van der Waals surface area contributed by atoms with E-state index in [4.69, 9.17) is 0 Å². The molecule has 4 aliphatic carbocycles. The van der Waals surface area contributed by atoms with Gasteiger partial charge in [0.15, 0.2) is 5.78 Å². The van der Waals surface area contributed by atoms with Crippen LogP contribution in [0.3, 0.4) is 0 Å². The van der Waals surface area contributed by atoms with Crippen LogP contribution in [0.2, 0.25) is 0 Å². The van der Waals surface area contributed by atoms with E-state index in [1.54, 1.807) is 0 Å². The Bertz CT molecular complexity index is 536. The fraction of sp³-hybridized carbons (Fsp3) is 0.850. The van der Waals surface area contributed by atoms with Crippen LogP contribution in [0.5, 0.6) is 0 Å². The lowest BCUT2D eigenvalue weighted by Gasteiger charge is -2.60. The molecule has 2 heteroatoms. The maximum absolute atomic E-state index is 12.0. The third kappa shape index (κ3) is 1.74. The molecule has 0 aliphatic heterocycles. The predicted molar refractivity (Wildman–Crippen MR) is 87.3 cm³/mol. The smallest absolute Gasteiger partial charge is 0.155 e. The summed E-state index contributed by atoms with van der Waals surface area (Å²) in [4.78, 5) is 12.0. The first-order valence-electron chi connectivity index (χ1n) is 9.27. The Labute approximate surface area is 134 Å². The van der Waals surface area contributed by atoms with Crippen molar-refractivity contribution in [3.8, 4) is 0 Å². The maximum Gasteiger partial charge on any atom is 0.155 e. The van der Waals surface area contributed by atoms with Gasteiger partial charge in [-0.3, -0.25) is 4.79 Å². The molecule has 2 nitrogen and oxygen atoms in total. The number of rotatable bonds is 0. The first-order valence-corrected chi connectivity index (χ1v) is 9.27. The van der Waals surface area contributed by atoms with Crippen molar-refractivity contribution in [3.05, 3.63) is 11.6 Å².